The van der Waals surface area contributed by atoms with Crippen LogP contribution in [-0.4, -0.2) is 17.6 Å². The summed E-state index contributed by atoms with van der Waals surface area (Å²) in [5, 5.41) is 6.40. The van der Waals surface area contributed by atoms with Gasteiger partial charge in [0.1, 0.15) is 0 Å². The van der Waals surface area contributed by atoms with Crippen LogP contribution in [0.25, 0.3) is 0 Å². The van der Waals surface area contributed by atoms with Crippen molar-refractivity contribution in [1.29, 1.82) is 0 Å². The normalized spacial score (nSPS) is 11.0. The van der Waals surface area contributed by atoms with E-state index in [1.165, 1.54) is 0 Å². The van der Waals surface area contributed by atoms with Crippen LogP contribution in [0.1, 0.15) is 25.1 Å². The summed E-state index contributed by atoms with van der Waals surface area (Å²) >= 11 is 5.90. The Morgan fingerprint density at radius 1 is 1.14 bits per heavy atom. The van der Waals surface area contributed by atoms with Gasteiger partial charge in [-0.15, -0.1) is 0 Å². The number of carbonyl (C=O) groups excluding carboxylic acids is 1. The first-order valence-corrected chi connectivity index (χ1v) is 7.53. The molecule has 0 saturated carbocycles. The molecule has 2 amide bonds. The van der Waals surface area contributed by atoms with Gasteiger partial charge < -0.3 is 10.6 Å². The molecule has 22 heavy (non-hydrogen) atoms. The number of hydrogen-bond donors (Lipinski definition) is 2. The largest absolute Gasteiger partial charge is 0.337 e. The third kappa shape index (κ3) is 4.74. The fourth-order valence-corrected chi connectivity index (χ4v) is 2.17. The van der Waals surface area contributed by atoms with E-state index in [9.17, 15) is 4.79 Å². The van der Waals surface area contributed by atoms with E-state index in [4.69, 9.17) is 11.6 Å². The van der Waals surface area contributed by atoms with Gasteiger partial charge in [-0.3, -0.25) is 4.98 Å². The van der Waals surface area contributed by atoms with E-state index in [-0.39, 0.29) is 11.4 Å². The fraction of sp³-hybridized carbons (Fsp3) is 0.294. The number of carbonyl (C=O) groups is 1. The second-order valence-electron chi connectivity index (χ2n) is 5.75. The molecule has 0 aliphatic heterocycles. The van der Waals surface area contributed by atoms with Crippen LogP contribution in [0.2, 0.25) is 5.02 Å². The van der Waals surface area contributed by atoms with Crippen molar-refractivity contribution in [3.05, 3.63) is 64.9 Å². The summed E-state index contributed by atoms with van der Waals surface area (Å²) in [6.45, 7) is 5.10. The predicted octanol–water partition coefficient (Wildman–Crippen LogP) is 3.51. The van der Waals surface area contributed by atoms with Crippen molar-refractivity contribution in [2.45, 2.75) is 25.8 Å². The molecule has 0 atom stereocenters. The van der Waals surface area contributed by atoms with Crippen LogP contribution in [0.3, 0.4) is 0 Å². The van der Waals surface area contributed by atoms with Crippen LogP contribution in [-0.2, 0) is 12.0 Å². The first-order valence-electron chi connectivity index (χ1n) is 7.15. The molecule has 1 aromatic carbocycles. The van der Waals surface area contributed by atoms with Gasteiger partial charge in [0.25, 0.3) is 0 Å². The van der Waals surface area contributed by atoms with Gasteiger partial charge in [-0.2, -0.15) is 0 Å². The predicted molar refractivity (Wildman–Crippen MR) is 89.0 cm³/mol. The molecule has 116 valence electrons. The van der Waals surface area contributed by atoms with Crippen LogP contribution in [0, 0.1) is 0 Å². The number of rotatable bonds is 5. The lowest BCUT2D eigenvalue weighted by molar-refractivity contribution is 0.238. The minimum atomic E-state index is -0.201. The van der Waals surface area contributed by atoms with Crippen LogP contribution in [0.5, 0.6) is 0 Å². The number of pyridine rings is 1. The van der Waals surface area contributed by atoms with Crippen molar-refractivity contribution in [3.8, 4) is 0 Å². The molecule has 0 fully saturated rings. The molecular weight excluding hydrogens is 298 g/mol. The highest BCUT2D eigenvalue weighted by Crippen LogP contribution is 2.23. The number of halogens is 1. The topological polar surface area (TPSA) is 54.0 Å². The number of hydrogen-bond acceptors (Lipinski definition) is 2. The molecule has 1 aromatic heterocycles. The molecule has 0 radical (unpaired) electrons. The lowest BCUT2D eigenvalue weighted by Gasteiger charge is -2.25. The van der Waals surface area contributed by atoms with Gasteiger partial charge in [-0.05, 0) is 29.8 Å². The Morgan fingerprint density at radius 3 is 2.50 bits per heavy atom. The van der Waals surface area contributed by atoms with Gasteiger partial charge in [-0.1, -0.05) is 43.6 Å². The first-order chi connectivity index (χ1) is 10.5. The summed E-state index contributed by atoms with van der Waals surface area (Å²) in [4.78, 5) is 16.0. The van der Waals surface area contributed by atoms with E-state index in [1.54, 1.807) is 6.20 Å². The smallest absolute Gasteiger partial charge is 0.315 e. The van der Waals surface area contributed by atoms with Crippen LogP contribution in [0.15, 0.2) is 48.7 Å². The Balaban J connectivity index is 1.83. The number of nitrogens with zero attached hydrogens (tertiary/aromatic N) is 1. The van der Waals surface area contributed by atoms with E-state index < -0.39 is 0 Å². The molecule has 2 rings (SSSR count). The minimum absolute atomic E-state index is 0.174. The van der Waals surface area contributed by atoms with Gasteiger partial charge in [0.05, 0.1) is 12.2 Å². The molecule has 0 bridgehead atoms. The van der Waals surface area contributed by atoms with E-state index in [1.807, 2.05) is 42.5 Å². The highest BCUT2D eigenvalue weighted by molar-refractivity contribution is 6.30. The van der Waals surface area contributed by atoms with Gasteiger partial charge >= 0.3 is 6.03 Å². The second kappa shape index (κ2) is 7.27. The van der Waals surface area contributed by atoms with E-state index >= 15 is 0 Å². The SMILES string of the molecule is CC(C)(CNC(=O)NCc1ccccn1)c1ccc(Cl)cc1. The molecule has 1 heterocycles. The first kappa shape index (κ1) is 16.3. The number of urea groups is 1. The lowest BCUT2D eigenvalue weighted by Crippen LogP contribution is -2.42. The monoisotopic (exact) mass is 317 g/mol. The average Bonchev–Trinajstić information content (AvgIpc) is 2.52. The quantitative estimate of drug-likeness (QED) is 0.886. The van der Waals surface area contributed by atoms with Gasteiger partial charge in [0, 0.05) is 23.2 Å². The summed E-state index contributed by atoms with van der Waals surface area (Å²) in [5.74, 6) is 0. The average molecular weight is 318 g/mol. The summed E-state index contributed by atoms with van der Waals surface area (Å²) in [5.41, 5.74) is 1.78. The van der Waals surface area contributed by atoms with Crippen molar-refractivity contribution in [1.82, 2.24) is 15.6 Å². The van der Waals surface area contributed by atoms with Crippen molar-refractivity contribution < 1.29 is 4.79 Å². The minimum Gasteiger partial charge on any atom is -0.337 e. The van der Waals surface area contributed by atoms with Gasteiger partial charge in [-0.25, -0.2) is 4.79 Å². The second-order valence-corrected chi connectivity index (χ2v) is 6.18. The zero-order valence-electron chi connectivity index (χ0n) is 12.8. The van der Waals surface area contributed by atoms with Crippen LogP contribution in [0.4, 0.5) is 4.79 Å². The molecule has 0 spiro atoms. The Bertz CT molecular complexity index is 612. The molecule has 2 aromatic rings. The highest BCUT2D eigenvalue weighted by atomic mass is 35.5. The maximum atomic E-state index is 11.9. The number of amides is 2. The molecular formula is C17H20ClN3O. The standard InChI is InChI=1S/C17H20ClN3O/c1-17(2,13-6-8-14(18)9-7-13)12-21-16(22)20-11-15-5-3-4-10-19-15/h3-10H,11-12H2,1-2H3,(H2,20,21,22). The molecule has 0 aliphatic carbocycles. The molecule has 0 unspecified atom stereocenters. The van der Waals surface area contributed by atoms with Crippen molar-refractivity contribution >= 4 is 17.6 Å². The number of benzene rings is 1. The van der Waals surface area contributed by atoms with Crippen molar-refractivity contribution in [2.75, 3.05) is 6.54 Å². The van der Waals surface area contributed by atoms with E-state index in [0.29, 0.717) is 18.1 Å². The molecule has 5 heteroatoms. The number of nitrogens with one attached hydrogen (secondary N) is 2. The Kier molecular flexibility index (Phi) is 5.39. The number of aromatic nitrogens is 1. The molecule has 0 aliphatic rings. The van der Waals surface area contributed by atoms with Crippen LogP contribution < -0.4 is 10.6 Å². The third-order valence-corrected chi connectivity index (χ3v) is 3.72. The summed E-state index contributed by atoms with van der Waals surface area (Å²) in [7, 11) is 0. The van der Waals surface area contributed by atoms with Crippen molar-refractivity contribution in [3.63, 3.8) is 0 Å². The Labute approximate surface area is 135 Å². The zero-order valence-corrected chi connectivity index (χ0v) is 13.5. The molecule has 0 saturated heterocycles. The summed E-state index contributed by atoms with van der Waals surface area (Å²) < 4.78 is 0. The Hall–Kier alpha value is -2.07. The summed E-state index contributed by atoms with van der Waals surface area (Å²) in [6, 6.07) is 13.1. The third-order valence-electron chi connectivity index (χ3n) is 3.47. The maximum Gasteiger partial charge on any atom is 0.315 e. The maximum absolute atomic E-state index is 11.9. The Morgan fingerprint density at radius 2 is 1.86 bits per heavy atom. The van der Waals surface area contributed by atoms with Crippen LogP contribution >= 0.6 is 11.6 Å². The summed E-state index contributed by atoms with van der Waals surface area (Å²) in [6.07, 6.45) is 1.71. The van der Waals surface area contributed by atoms with Crippen molar-refractivity contribution in [2.24, 2.45) is 0 Å². The van der Waals surface area contributed by atoms with E-state index in [0.717, 1.165) is 11.3 Å². The highest BCUT2D eigenvalue weighted by Gasteiger charge is 2.21. The molecule has 2 N–H and O–H groups in total. The fourth-order valence-electron chi connectivity index (χ4n) is 2.04. The zero-order chi connectivity index (χ0) is 16.0. The van der Waals surface area contributed by atoms with E-state index in [2.05, 4.69) is 29.5 Å². The molecule has 4 nitrogen and oxygen atoms in total. The lowest BCUT2D eigenvalue weighted by atomic mass is 9.85. The van der Waals surface area contributed by atoms with Gasteiger partial charge in [0.15, 0.2) is 0 Å². The van der Waals surface area contributed by atoms with Gasteiger partial charge in [0.2, 0.25) is 0 Å².